The van der Waals surface area contributed by atoms with E-state index < -0.39 is 0 Å². The first-order valence-electron chi connectivity index (χ1n) is 12.2. The largest absolute Gasteiger partial charge is 0.631 e. The first-order chi connectivity index (χ1) is 16.1. The topological polar surface area (TPSA) is 93.7 Å². The molecule has 3 unspecified atom stereocenters. The molecule has 1 fully saturated rings. The van der Waals surface area contributed by atoms with Crippen molar-refractivity contribution in [1.29, 1.82) is 0 Å². The number of nitrogens with one attached hydrogen (secondary N) is 1. The molecule has 0 aliphatic carbocycles. The van der Waals surface area contributed by atoms with E-state index in [1.54, 1.807) is 0 Å². The van der Waals surface area contributed by atoms with Gasteiger partial charge in [0, 0.05) is 35.9 Å². The molecule has 8 heteroatoms. The molecule has 1 saturated heterocycles. The molecule has 3 heterocycles. The standard InChI is InChI=1S/C25H35N7O/c1-4-6-12-24-31(15-7-5-2)17-19(3)32(24,33)18-20-13-14-23(26-16-20)21-10-8-9-11-22(21)25-27-29-30-28-25/h8-11,13-14,16,19,24H,4-7,12,15,17-18H2,1-3H3,(H,27,28,29,30). The Hall–Kier alpha value is -2.68. The Kier molecular flexibility index (Phi) is 7.47. The first-order valence-corrected chi connectivity index (χ1v) is 12.2. The van der Waals surface area contributed by atoms with Crippen molar-refractivity contribution in [3.63, 3.8) is 0 Å². The maximum Gasteiger partial charge on any atom is 0.205 e. The zero-order valence-electron chi connectivity index (χ0n) is 19.9. The first kappa shape index (κ1) is 23.5. The van der Waals surface area contributed by atoms with E-state index in [4.69, 9.17) is 4.98 Å². The zero-order valence-corrected chi connectivity index (χ0v) is 19.9. The Bertz CT molecular complexity index is 1010. The van der Waals surface area contributed by atoms with Crippen molar-refractivity contribution in [2.75, 3.05) is 13.1 Å². The van der Waals surface area contributed by atoms with Gasteiger partial charge < -0.3 is 9.85 Å². The fourth-order valence-electron chi connectivity index (χ4n) is 4.96. The minimum atomic E-state index is -0.176. The van der Waals surface area contributed by atoms with Gasteiger partial charge in [-0.05, 0) is 37.1 Å². The van der Waals surface area contributed by atoms with E-state index in [2.05, 4.69) is 46.3 Å². The molecule has 176 valence electrons. The average Bonchev–Trinajstić information content (AvgIpc) is 3.44. The summed E-state index contributed by atoms with van der Waals surface area (Å²) in [6.45, 7) is 8.87. The van der Waals surface area contributed by atoms with Crippen LogP contribution in [-0.2, 0) is 6.54 Å². The number of aromatic nitrogens is 5. The molecular weight excluding hydrogens is 414 g/mol. The number of hydroxylamine groups is 3. The van der Waals surface area contributed by atoms with E-state index in [0.717, 1.165) is 67.6 Å². The third kappa shape index (κ3) is 4.98. The zero-order chi connectivity index (χ0) is 23.3. The Morgan fingerprint density at radius 2 is 1.88 bits per heavy atom. The Morgan fingerprint density at radius 3 is 2.55 bits per heavy atom. The number of hydrogen-bond donors (Lipinski definition) is 1. The summed E-state index contributed by atoms with van der Waals surface area (Å²) in [5, 5.41) is 28.6. The van der Waals surface area contributed by atoms with Gasteiger partial charge in [0.1, 0.15) is 18.8 Å². The number of pyridine rings is 1. The van der Waals surface area contributed by atoms with Crippen molar-refractivity contribution in [2.24, 2.45) is 0 Å². The van der Waals surface area contributed by atoms with Gasteiger partial charge in [-0.25, -0.2) is 4.90 Å². The minimum Gasteiger partial charge on any atom is -0.631 e. The number of quaternary nitrogens is 1. The highest BCUT2D eigenvalue weighted by atomic mass is 16.6. The maximum atomic E-state index is 14.2. The van der Waals surface area contributed by atoms with E-state index in [9.17, 15) is 5.21 Å². The van der Waals surface area contributed by atoms with Gasteiger partial charge in [0.05, 0.1) is 12.2 Å². The molecule has 1 aromatic carbocycles. The quantitative estimate of drug-likeness (QED) is 0.354. The predicted octanol–water partition coefficient (Wildman–Crippen LogP) is 4.76. The van der Waals surface area contributed by atoms with Gasteiger partial charge >= 0.3 is 0 Å². The van der Waals surface area contributed by atoms with Crippen molar-refractivity contribution in [2.45, 2.75) is 71.6 Å². The van der Waals surface area contributed by atoms with Crippen LogP contribution in [0.4, 0.5) is 0 Å². The molecule has 2 aromatic heterocycles. The fourth-order valence-corrected chi connectivity index (χ4v) is 4.96. The van der Waals surface area contributed by atoms with Gasteiger partial charge in [-0.1, -0.05) is 51.0 Å². The number of unbranched alkanes of at least 4 members (excludes halogenated alkanes) is 2. The van der Waals surface area contributed by atoms with Crippen molar-refractivity contribution in [1.82, 2.24) is 30.5 Å². The van der Waals surface area contributed by atoms with Gasteiger partial charge in [0.15, 0.2) is 0 Å². The molecule has 1 aliphatic heterocycles. The van der Waals surface area contributed by atoms with Gasteiger partial charge in [0.25, 0.3) is 0 Å². The van der Waals surface area contributed by atoms with Crippen LogP contribution in [0.3, 0.4) is 0 Å². The smallest absolute Gasteiger partial charge is 0.205 e. The van der Waals surface area contributed by atoms with Crippen LogP contribution in [0.25, 0.3) is 22.6 Å². The third-order valence-electron chi connectivity index (χ3n) is 6.83. The second kappa shape index (κ2) is 10.5. The molecule has 4 rings (SSSR count). The molecular formula is C25H35N7O. The van der Waals surface area contributed by atoms with Gasteiger partial charge in [-0.15, -0.1) is 10.2 Å². The molecule has 0 saturated carbocycles. The molecule has 0 bridgehead atoms. The van der Waals surface area contributed by atoms with Crippen molar-refractivity contribution < 1.29 is 4.65 Å². The number of rotatable bonds is 10. The maximum absolute atomic E-state index is 14.2. The van der Waals surface area contributed by atoms with Crippen LogP contribution in [0.2, 0.25) is 0 Å². The number of hydrogen-bond acceptors (Lipinski definition) is 6. The summed E-state index contributed by atoms with van der Waals surface area (Å²) in [6.07, 6.45) is 7.35. The third-order valence-corrected chi connectivity index (χ3v) is 6.83. The van der Waals surface area contributed by atoms with E-state index in [-0.39, 0.29) is 16.9 Å². The molecule has 0 spiro atoms. The second-order valence-electron chi connectivity index (χ2n) is 9.17. The minimum absolute atomic E-state index is 0.0325. The van der Waals surface area contributed by atoms with E-state index in [0.29, 0.717) is 12.4 Å². The van der Waals surface area contributed by atoms with Crippen LogP contribution >= 0.6 is 0 Å². The van der Waals surface area contributed by atoms with Crippen LogP contribution in [0.1, 0.15) is 58.4 Å². The lowest BCUT2D eigenvalue weighted by Crippen LogP contribution is -2.53. The van der Waals surface area contributed by atoms with Crippen molar-refractivity contribution >= 4 is 0 Å². The molecule has 33 heavy (non-hydrogen) atoms. The number of tetrazole rings is 1. The summed E-state index contributed by atoms with van der Waals surface area (Å²) in [6, 6.07) is 12.0. The molecule has 8 nitrogen and oxygen atoms in total. The number of H-pyrrole nitrogens is 1. The lowest BCUT2D eigenvalue weighted by atomic mass is 10.0. The molecule has 1 aliphatic rings. The average molecular weight is 450 g/mol. The monoisotopic (exact) mass is 449 g/mol. The normalized spacial score (nSPS) is 23.3. The lowest BCUT2D eigenvalue weighted by molar-refractivity contribution is -0.931. The lowest BCUT2D eigenvalue weighted by Gasteiger charge is -2.48. The Labute approximate surface area is 196 Å². The van der Waals surface area contributed by atoms with Crippen LogP contribution in [0.5, 0.6) is 0 Å². The summed E-state index contributed by atoms with van der Waals surface area (Å²) in [4.78, 5) is 7.17. The summed E-state index contributed by atoms with van der Waals surface area (Å²) < 4.78 is -0.176. The highest BCUT2D eigenvalue weighted by molar-refractivity contribution is 5.78. The summed E-state index contributed by atoms with van der Waals surface area (Å²) in [5.41, 5.74) is 3.63. The molecule has 3 atom stereocenters. The number of benzene rings is 1. The molecule has 3 aromatic rings. The molecule has 0 amide bonds. The van der Waals surface area contributed by atoms with Crippen LogP contribution < -0.4 is 0 Å². The SMILES string of the molecule is CCCCC1N(CCCC)CC(C)[N+]1([O-])Cc1ccc(-c2ccccc2-c2nn[nH]n2)nc1. The predicted molar refractivity (Wildman–Crippen MR) is 129 cm³/mol. The molecule has 1 N–H and O–H groups in total. The summed E-state index contributed by atoms with van der Waals surface area (Å²) >= 11 is 0. The van der Waals surface area contributed by atoms with Gasteiger partial charge in [-0.2, -0.15) is 5.21 Å². The van der Waals surface area contributed by atoms with E-state index in [1.807, 2.05) is 42.6 Å². The summed E-state index contributed by atoms with van der Waals surface area (Å²) in [5.74, 6) is 0.539. The van der Waals surface area contributed by atoms with Crippen molar-refractivity contribution in [3.8, 4) is 22.6 Å². The molecule has 0 radical (unpaired) electrons. The fraction of sp³-hybridized carbons (Fsp3) is 0.520. The number of nitrogens with zero attached hydrogens (tertiary/aromatic N) is 6. The van der Waals surface area contributed by atoms with Gasteiger partial charge in [-0.3, -0.25) is 4.98 Å². The Morgan fingerprint density at radius 1 is 1.09 bits per heavy atom. The highest BCUT2D eigenvalue weighted by Gasteiger charge is 2.45. The second-order valence-corrected chi connectivity index (χ2v) is 9.17. The van der Waals surface area contributed by atoms with E-state index in [1.165, 1.54) is 0 Å². The van der Waals surface area contributed by atoms with Crippen LogP contribution in [0, 0.1) is 5.21 Å². The highest BCUT2D eigenvalue weighted by Crippen LogP contribution is 2.35. The van der Waals surface area contributed by atoms with E-state index >= 15 is 0 Å². The Balaban J connectivity index is 1.56. The van der Waals surface area contributed by atoms with Gasteiger partial charge in [0.2, 0.25) is 5.82 Å². The van der Waals surface area contributed by atoms with Crippen LogP contribution in [-0.4, -0.2) is 60.5 Å². The van der Waals surface area contributed by atoms with Crippen LogP contribution in [0.15, 0.2) is 42.6 Å². The number of aromatic amines is 1. The summed E-state index contributed by atoms with van der Waals surface area (Å²) in [7, 11) is 0. The van der Waals surface area contributed by atoms with Crippen molar-refractivity contribution in [3.05, 3.63) is 53.4 Å².